The predicted octanol–water partition coefficient (Wildman–Crippen LogP) is 12.3. The van der Waals surface area contributed by atoms with E-state index < -0.39 is 6.10 Å². The van der Waals surface area contributed by atoms with Crippen LogP contribution >= 0.6 is 0 Å². The van der Waals surface area contributed by atoms with E-state index in [9.17, 15) is 9.90 Å². The first kappa shape index (κ1) is 43.8. The van der Waals surface area contributed by atoms with Gasteiger partial charge >= 0.3 is 5.97 Å². The Morgan fingerprint density at radius 1 is 0.543 bits per heavy atom. The average molecular weight is 641 g/mol. The smallest absolute Gasteiger partial charge is 0.306 e. The lowest BCUT2D eigenvalue weighted by atomic mass is 10.1. The third-order valence-electron chi connectivity index (χ3n) is 7.77. The number of carbonyl (C=O) groups is 1. The van der Waals surface area contributed by atoms with Crippen molar-refractivity contribution in [3.63, 3.8) is 0 Å². The maximum Gasteiger partial charge on any atom is 0.306 e. The molecule has 1 atom stereocenters. The molecule has 0 aliphatic rings. The standard InChI is InChI=1S/C42H72O4/c1-3-5-7-9-11-13-15-17-19-21-22-24-26-28-30-32-34-36-38-45-40-41(39-43)46-42(44)37-35-33-31-29-27-25-23-20-18-16-14-12-10-8-6-4-2/h5,7,11,13-14,16-17,19-20,22-24,41,43H,3-4,6,8-10,12,15,18,21,25-40H2,1-2H3/b7-5-,13-11-,16-14-,19-17-,23-20-,24-22-. The molecule has 0 aromatic rings. The molecule has 0 aromatic carbocycles. The Labute approximate surface area is 285 Å². The van der Waals surface area contributed by atoms with Crippen molar-refractivity contribution in [2.24, 2.45) is 0 Å². The van der Waals surface area contributed by atoms with Gasteiger partial charge in [0.2, 0.25) is 0 Å². The molecule has 0 heterocycles. The number of esters is 1. The van der Waals surface area contributed by atoms with Gasteiger partial charge in [0.25, 0.3) is 0 Å². The minimum Gasteiger partial charge on any atom is -0.457 e. The zero-order valence-electron chi connectivity index (χ0n) is 30.1. The number of aliphatic hydroxyl groups excluding tert-OH is 1. The van der Waals surface area contributed by atoms with Gasteiger partial charge in [-0.1, -0.05) is 145 Å². The fourth-order valence-corrected chi connectivity index (χ4v) is 4.94. The van der Waals surface area contributed by atoms with Gasteiger partial charge in [0, 0.05) is 13.0 Å². The molecule has 0 saturated carbocycles. The molecule has 4 nitrogen and oxygen atoms in total. The van der Waals surface area contributed by atoms with Crippen LogP contribution in [0.1, 0.15) is 162 Å². The summed E-state index contributed by atoms with van der Waals surface area (Å²) in [5.41, 5.74) is 0. The maximum atomic E-state index is 12.2. The third-order valence-corrected chi connectivity index (χ3v) is 7.77. The summed E-state index contributed by atoms with van der Waals surface area (Å²) in [6.45, 7) is 5.15. The van der Waals surface area contributed by atoms with Crippen LogP contribution in [0.3, 0.4) is 0 Å². The Bertz CT molecular complexity index is 804. The minimum atomic E-state index is -0.554. The summed E-state index contributed by atoms with van der Waals surface area (Å²) in [6, 6.07) is 0. The highest BCUT2D eigenvalue weighted by molar-refractivity contribution is 5.69. The zero-order chi connectivity index (χ0) is 33.4. The second kappa shape index (κ2) is 39.0. The Kier molecular flexibility index (Phi) is 37.2. The van der Waals surface area contributed by atoms with E-state index in [1.807, 2.05) is 0 Å². The summed E-state index contributed by atoms with van der Waals surface area (Å²) in [4.78, 5) is 12.2. The predicted molar refractivity (Wildman–Crippen MR) is 200 cm³/mol. The molecule has 0 fully saturated rings. The molecule has 46 heavy (non-hydrogen) atoms. The minimum absolute atomic E-state index is 0.189. The van der Waals surface area contributed by atoms with Gasteiger partial charge < -0.3 is 14.6 Å². The van der Waals surface area contributed by atoms with E-state index in [1.54, 1.807) is 0 Å². The molecular weight excluding hydrogens is 568 g/mol. The second-order valence-corrected chi connectivity index (χ2v) is 12.3. The fourth-order valence-electron chi connectivity index (χ4n) is 4.94. The number of ether oxygens (including phenoxy) is 2. The van der Waals surface area contributed by atoms with Crippen LogP contribution in [0.2, 0.25) is 0 Å². The molecule has 0 amide bonds. The van der Waals surface area contributed by atoms with E-state index in [4.69, 9.17) is 9.47 Å². The topological polar surface area (TPSA) is 55.8 Å². The van der Waals surface area contributed by atoms with Crippen molar-refractivity contribution in [3.05, 3.63) is 72.9 Å². The van der Waals surface area contributed by atoms with Gasteiger partial charge in [-0.05, 0) is 83.5 Å². The van der Waals surface area contributed by atoms with Gasteiger partial charge in [-0.3, -0.25) is 4.79 Å². The fraction of sp³-hybridized carbons (Fsp3) is 0.690. The number of rotatable bonds is 34. The van der Waals surface area contributed by atoms with Gasteiger partial charge in [-0.15, -0.1) is 0 Å². The first-order valence-corrected chi connectivity index (χ1v) is 19.0. The summed E-state index contributed by atoms with van der Waals surface area (Å²) < 4.78 is 11.1. The van der Waals surface area contributed by atoms with Crippen LogP contribution in [0.5, 0.6) is 0 Å². The zero-order valence-corrected chi connectivity index (χ0v) is 30.1. The molecule has 1 N–H and O–H groups in total. The highest BCUT2D eigenvalue weighted by Crippen LogP contribution is 2.10. The van der Waals surface area contributed by atoms with E-state index >= 15 is 0 Å². The Balaban J connectivity index is 3.54. The summed E-state index contributed by atoms with van der Waals surface area (Å²) in [6.07, 6.45) is 52.3. The normalized spacial score (nSPS) is 13.2. The van der Waals surface area contributed by atoms with Gasteiger partial charge in [0.15, 0.2) is 0 Å². The van der Waals surface area contributed by atoms with Crippen molar-refractivity contribution in [1.29, 1.82) is 0 Å². The van der Waals surface area contributed by atoms with Gasteiger partial charge in [0.05, 0.1) is 13.2 Å². The Morgan fingerprint density at radius 2 is 0.978 bits per heavy atom. The number of carbonyl (C=O) groups excluding carboxylic acids is 1. The lowest BCUT2D eigenvalue weighted by molar-refractivity contribution is -0.154. The van der Waals surface area contributed by atoms with Crippen molar-refractivity contribution in [1.82, 2.24) is 0 Å². The molecule has 0 saturated heterocycles. The van der Waals surface area contributed by atoms with Crippen LogP contribution in [-0.4, -0.2) is 37.0 Å². The molecule has 0 aliphatic heterocycles. The van der Waals surface area contributed by atoms with Crippen LogP contribution in [0.15, 0.2) is 72.9 Å². The lowest BCUT2D eigenvalue weighted by Crippen LogP contribution is -2.27. The van der Waals surface area contributed by atoms with Crippen LogP contribution < -0.4 is 0 Å². The van der Waals surface area contributed by atoms with E-state index in [-0.39, 0.29) is 19.2 Å². The Morgan fingerprint density at radius 3 is 1.48 bits per heavy atom. The van der Waals surface area contributed by atoms with Gasteiger partial charge in [-0.2, -0.15) is 0 Å². The molecule has 0 spiro atoms. The first-order valence-electron chi connectivity index (χ1n) is 19.0. The molecule has 1 unspecified atom stereocenters. The summed E-state index contributed by atoms with van der Waals surface area (Å²) in [5, 5.41) is 9.57. The van der Waals surface area contributed by atoms with Crippen LogP contribution in [0.4, 0.5) is 0 Å². The van der Waals surface area contributed by atoms with Crippen molar-refractivity contribution in [2.75, 3.05) is 19.8 Å². The van der Waals surface area contributed by atoms with Gasteiger partial charge in [-0.25, -0.2) is 0 Å². The number of hydrogen-bond donors (Lipinski definition) is 1. The molecule has 0 aromatic heterocycles. The number of allylic oxidation sites excluding steroid dienone is 12. The first-order chi connectivity index (χ1) is 22.7. The number of aliphatic hydroxyl groups is 1. The highest BCUT2D eigenvalue weighted by atomic mass is 16.6. The monoisotopic (exact) mass is 641 g/mol. The van der Waals surface area contributed by atoms with E-state index in [2.05, 4.69) is 86.8 Å². The SMILES string of the molecule is CC/C=C\C/C=C\C/C=C\C/C=C\CCCCCCCOCC(CO)OC(=O)CCCCCCC/C=C\C/C=C\CCCCCC. The van der Waals surface area contributed by atoms with Crippen molar-refractivity contribution < 1.29 is 19.4 Å². The molecule has 0 bridgehead atoms. The van der Waals surface area contributed by atoms with Gasteiger partial charge in [0.1, 0.15) is 6.10 Å². The van der Waals surface area contributed by atoms with E-state index in [0.717, 1.165) is 77.0 Å². The highest BCUT2D eigenvalue weighted by Gasteiger charge is 2.13. The summed E-state index contributed by atoms with van der Waals surface area (Å²) >= 11 is 0. The van der Waals surface area contributed by atoms with Crippen LogP contribution in [-0.2, 0) is 14.3 Å². The van der Waals surface area contributed by atoms with Crippen molar-refractivity contribution >= 4 is 5.97 Å². The number of unbranched alkanes of at least 4 members (excludes halogenated alkanes) is 14. The quantitative estimate of drug-likeness (QED) is 0.0432. The molecule has 0 rings (SSSR count). The summed E-state index contributed by atoms with van der Waals surface area (Å²) in [7, 11) is 0. The maximum absolute atomic E-state index is 12.2. The summed E-state index contributed by atoms with van der Waals surface area (Å²) in [5.74, 6) is -0.225. The van der Waals surface area contributed by atoms with Crippen molar-refractivity contribution in [3.8, 4) is 0 Å². The second-order valence-electron chi connectivity index (χ2n) is 12.3. The van der Waals surface area contributed by atoms with Crippen molar-refractivity contribution in [2.45, 2.75) is 168 Å². The molecular formula is C42H72O4. The molecule has 0 radical (unpaired) electrons. The number of hydrogen-bond acceptors (Lipinski definition) is 4. The average Bonchev–Trinajstić information content (AvgIpc) is 3.06. The van der Waals surface area contributed by atoms with Crippen LogP contribution in [0, 0.1) is 0 Å². The lowest BCUT2D eigenvalue weighted by Gasteiger charge is -2.15. The van der Waals surface area contributed by atoms with E-state index in [0.29, 0.717) is 13.0 Å². The van der Waals surface area contributed by atoms with Crippen LogP contribution in [0.25, 0.3) is 0 Å². The molecule has 264 valence electrons. The van der Waals surface area contributed by atoms with E-state index in [1.165, 1.54) is 64.2 Å². The third kappa shape index (κ3) is 36.3. The largest absolute Gasteiger partial charge is 0.457 e. The molecule has 0 aliphatic carbocycles. The molecule has 4 heteroatoms. The Hall–Kier alpha value is -2.17.